The number of H-pyrrole nitrogens is 1. The number of phenols is 3. The van der Waals surface area contributed by atoms with E-state index in [1.807, 2.05) is 24.3 Å². The Morgan fingerprint density at radius 1 is 0.938 bits per heavy atom. The fourth-order valence-electron chi connectivity index (χ4n) is 1.98. The van der Waals surface area contributed by atoms with Crippen molar-refractivity contribution in [3.63, 3.8) is 0 Å². The highest BCUT2D eigenvalue weighted by Crippen LogP contribution is 2.42. The lowest BCUT2D eigenvalue weighted by atomic mass is 10.1. The van der Waals surface area contributed by atoms with Crippen LogP contribution in [0.4, 0.5) is 0 Å². The van der Waals surface area contributed by atoms with E-state index in [0.717, 1.165) is 17.0 Å². The summed E-state index contributed by atoms with van der Waals surface area (Å²) in [4.78, 5) is 2.99. The molecular weight excluding hydrogens is 206 g/mol. The summed E-state index contributed by atoms with van der Waals surface area (Å²) in [5, 5.41) is 30.1. The van der Waals surface area contributed by atoms with Crippen LogP contribution in [-0.4, -0.2) is 20.3 Å². The van der Waals surface area contributed by atoms with E-state index in [4.69, 9.17) is 0 Å². The van der Waals surface area contributed by atoms with Gasteiger partial charge in [-0.15, -0.1) is 0 Å². The number of hydrogen-bond donors (Lipinski definition) is 4. The second kappa shape index (κ2) is 2.82. The van der Waals surface area contributed by atoms with E-state index in [0.29, 0.717) is 10.9 Å². The van der Waals surface area contributed by atoms with Gasteiger partial charge < -0.3 is 20.3 Å². The predicted octanol–water partition coefficient (Wildman–Crippen LogP) is 2.44. The van der Waals surface area contributed by atoms with Crippen molar-refractivity contribution in [2.45, 2.75) is 0 Å². The smallest absolute Gasteiger partial charge is 0.167 e. The number of benzene rings is 2. The molecule has 4 heteroatoms. The number of rotatable bonds is 0. The van der Waals surface area contributed by atoms with E-state index in [-0.39, 0.29) is 17.2 Å². The maximum atomic E-state index is 9.79. The Morgan fingerprint density at radius 2 is 1.69 bits per heavy atom. The van der Waals surface area contributed by atoms with E-state index in [1.165, 1.54) is 0 Å². The summed E-state index contributed by atoms with van der Waals surface area (Å²) in [5.41, 5.74) is 1.23. The van der Waals surface area contributed by atoms with Crippen LogP contribution < -0.4 is 0 Å². The molecule has 0 saturated carbocycles. The van der Waals surface area contributed by atoms with Crippen LogP contribution in [0.1, 0.15) is 0 Å². The molecule has 0 fully saturated rings. The summed E-state index contributed by atoms with van der Waals surface area (Å²) in [5.74, 6) is -0.624. The Labute approximate surface area is 90.4 Å². The predicted molar refractivity (Wildman–Crippen MR) is 60.8 cm³/mol. The van der Waals surface area contributed by atoms with E-state index in [1.54, 1.807) is 0 Å². The van der Waals surface area contributed by atoms with Crippen molar-refractivity contribution in [2.24, 2.45) is 0 Å². The van der Waals surface area contributed by atoms with Gasteiger partial charge in [-0.25, -0.2) is 0 Å². The molecule has 0 radical (unpaired) electrons. The Kier molecular flexibility index (Phi) is 1.57. The lowest BCUT2D eigenvalue weighted by molar-refractivity contribution is 0.402. The van der Waals surface area contributed by atoms with E-state index < -0.39 is 0 Å². The molecule has 80 valence electrons. The van der Waals surface area contributed by atoms with Crippen molar-refractivity contribution in [3.05, 3.63) is 30.3 Å². The van der Waals surface area contributed by atoms with Gasteiger partial charge in [0.15, 0.2) is 11.5 Å². The van der Waals surface area contributed by atoms with Gasteiger partial charge in [0.2, 0.25) is 0 Å². The molecule has 4 nitrogen and oxygen atoms in total. The summed E-state index contributed by atoms with van der Waals surface area (Å²) in [6.45, 7) is 0. The molecule has 0 unspecified atom stereocenters. The van der Waals surface area contributed by atoms with Gasteiger partial charge in [0.25, 0.3) is 0 Å². The van der Waals surface area contributed by atoms with Crippen molar-refractivity contribution < 1.29 is 15.3 Å². The minimum absolute atomic E-state index is 0.0819. The third-order valence-electron chi connectivity index (χ3n) is 2.72. The number of aromatic amines is 1. The van der Waals surface area contributed by atoms with Gasteiger partial charge in [0, 0.05) is 17.0 Å². The molecule has 0 bridgehead atoms. The molecule has 4 N–H and O–H groups in total. The number of aromatic hydroxyl groups is 3. The number of fused-ring (bicyclic) bond motifs is 3. The zero-order valence-corrected chi connectivity index (χ0v) is 8.23. The van der Waals surface area contributed by atoms with Crippen LogP contribution in [0.5, 0.6) is 17.2 Å². The fraction of sp³-hybridized carbons (Fsp3) is 0. The van der Waals surface area contributed by atoms with Crippen LogP contribution in [0.3, 0.4) is 0 Å². The van der Waals surface area contributed by atoms with Crippen molar-refractivity contribution in [2.75, 3.05) is 0 Å². The Bertz CT molecular complexity index is 700. The number of nitrogens with one attached hydrogen (secondary N) is 1. The monoisotopic (exact) mass is 215 g/mol. The van der Waals surface area contributed by atoms with Gasteiger partial charge >= 0.3 is 0 Å². The topological polar surface area (TPSA) is 76.5 Å². The molecule has 0 spiro atoms. The highest BCUT2D eigenvalue weighted by Gasteiger charge is 2.15. The van der Waals surface area contributed by atoms with Crippen LogP contribution in [0.2, 0.25) is 0 Å². The maximum Gasteiger partial charge on any atom is 0.167 e. The quantitative estimate of drug-likeness (QED) is 0.343. The van der Waals surface area contributed by atoms with Crippen LogP contribution in [-0.2, 0) is 0 Å². The number of hydrogen-bond acceptors (Lipinski definition) is 3. The van der Waals surface area contributed by atoms with Crippen LogP contribution in [0.15, 0.2) is 30.3 Å². The Hall–Kier alpha value is -2.36. The summed E-state index contributed by atoms with van der Waals surface area (Å²) in [7, 11) is 0. The van der Waals surface area contributed by atoms with Crippen molar-refractivity contribution in [1.29, 1.82) is 0 Å². The standard InChI is InChI=1S/C12H9NO3/c14-8-5-9(15)12(16)10-6-3-1-2-4-7(6)13-11(8)10/h1-5,13-16H. The minimum atomic E-state index is -0.324. The first-order valence-corrected chi connectivity index (χ1v) is 4.83. The summed E-state index contributed by atoms with van der Waals surface area (Å²) >= 11 is 0. The molecule has 0 aliphatic heterocycles. The first-order valence-electron chi connectivity index (χ1n) is 4.83. The molecule has 2 aromatic carbocycles. The van der Waals surface area contributed by atoms with Gasteiger partial charge in [0.1, 0.15) is 5.75 Å². The van der Waals surface area contributed by atoms with Gasteiger partial charge in [0.05, 0.1) is 10.9 Å². The fourth-order valence-corrected chi connectivity index (χ4v) is 1.98. The maximum absolute atomic E-state index is 9.79. The lowest BCUT2D eigenvalue weighted by Crippen LogP contribution is -1.74. The molecule has 16 heavy (non-hydrogen) atoms. The van der Waals surface area contributed by atoms with Gasteiger partial charge in [-0.3, -0.25) is 0 Å². The molecule has 0 amide bonds. The van der Waals surface area contributed by atoms with E-state index in [9.17, 15) is 15.3 Å². The zero-order valence-electron chi connectivity index (χ0n) is 8.23. The first-order chi connectivity index (χ1) is 7.68. The Morgan fingerprint density at radius 3 is 2.50 bits per heavy atom. The average molecular weight is 215 g/mol. The Balaban J connectivity index is 2.66. The molecule has 0 aliphatic rings. The third kappa shape index (κ3) is 0.982. The summed E-state index contributed by atoms with van der Waals surface area (Å²) in [6, 6.07) is 8.45. The minimum Gasteiger partial charge on any atom is -0.506 e. The van der Waals surface area contributed by atoms with Gasteiger partial charge in [-0.05, 0) is 6.07 Å². The number of para-hydroxylation sites is 1. The summed E-state index contributed by atoms with van der Waals surface area (Å²) in [6.07, 6.45) is 0. The van der Waals surface area contributed by atoms with E-state index in [2.05, 4.69) is 4.98 Å². The van der Waals surface area contributed by atoms with Crippen molar-refractivity contribution in [1.82, 2.24) is 4.98 Å². The molecular formula is C12H9NO3. The molecule has 0 atom stereocenters. The summed E-state index contributed by atoms with van der Waals surface area (Å²) < 4.78 is 0. The molecule has 0 saturated heterocycles. The first kappa shape index (κ1) is 8.91. The lowest BCUT2D eigenvalue weighted by Gasteiger charge is -2.01. The zero-order chi connectivity index (χ0) is 11.3. The van der Waals surface area contributed by atoms with Crippen LogP contribution in [0, 0.1) is 0 Å². The van der Waals surface area contributed by atoms with Crippen molar-refractivity contribution >= 4 is 21.8 Å². The van der Waals surface area contributed by atoms with E-state index >= 15 is 0 Å². The van der Waals surface area contributed by atoms with Crippen LogP contribution in [0.25, 0.3) is 21.8 Å². The SMILES string of the molecule is Oc1cc(O)c2[nH]c3ccccc3c2c1O. The second-order valence-electron chi connectivity index (χ2n) is 3.68. The molecule has 3 aromatic rings. The molecule has 1 aromatic heterocycles. The highest BCUT2D eigenvalue weighted by molar-refractivity contribution is 6.13. The third-order valence-corrected chi connectivity index (χ3v) is 2.72. The number of aromatic nitrogens is 1. The van der Waals surface area contributed by atoms with Crippen molar-refractivity contribution in [3.8, 4) is 17.2 Å². The molecule has 1 heterocycles. The largest absolute Gasteiger partial charge is 0.506 e. The molecule has 3 rings (SSSR count). The second-order valence-corrected chi connectivity index (χ2v) is 3.68. The van der Waals surface area contributed by atoms with Gasteiger partial charge in [-0.2, -0.15) is 0 Å². The highest BCUT2D eigenvalue weighted by atomic mass is 16.3. The van der Waals surface area contributed by atoms with Gasteiger partial charge in [-0.1, -0.05) is 18.2 Å². The number of phenolic OH excluding ortho intramolecular Hbond substituents is 3. The van der Waals surface area contributed by atoms with Crippen LogP contribution >= 0.6 is 0 Å². The average Bonchev–Trinajstić information content (AvgIpc) is 2.66. The normalized spacial score (nSPS) is 11.2. The molecule has 0 aliphatic carbocycles.